The van der Waals surface area contributed by atoms with Crippen LogP contribution in [-0.4, -0.2) is 53.3 Å². The summed E-state index contributed by atoms with van der Waals surface area (Å²) in [6.45, 7) is 1.59. The normalized spacial score (nSPS) is 16.8. The van der Waals surface area contributed by atoms with Gasteiger partial charge < -0.3 is 10.2 Å². The van der Waals surface area contributed by atoms with Gasteiger partial charge in [-0.1, -0.05) is 29.3 Å². The number of carbonyl (C=O) groups excluding carboxylic acids is 1. The molecule has 0 saturated carbocycles. The number of nitrogens with one attached hydrogen (secondary N) is 2. The Morgan fingerprint density at radius 1 is 1.24 bits per heavy atom. The summed E-state index contributed by atoms with van der Waals surface area (Å²) in [5, 5.41) is 3.26. The molecule has 0 spiro atoms. The number of sulfone groups is 1. The van der Waals surface area contributed by atoms with E-state index in [2.05, 4.69) is 15.3 Å². The zero-order chi connectivity index (χ0) is 20.6. The SMILES string of the molecule is O=C(Nc1ncc(Cl)cc1Cl)c1nc(C[NH+]2CCS(=O)(=O)CC2)c2ccccn12. The molecule has 4 rings (SSSR count). The third-order valence-electron chi connectivity index (χ3n) is 4.82. The Bertz CT molecular complexity index is 1180. The zero-order valence-electron chi connectivity index (χ0n) is 15.2. The molecule has 0 aromatic carbocycles. The van der Waals surface area contributed by atoms with Crippen molar-refractivity contribution in [1.82, 2.24) is 14.4 Å². The van der Waals surface area contributed by atoms with Crippen LogP contribution in [0.15, 0.2) is 36.7 Å². The third kappa shape index (κ3) is 4.37. The zero-order valence-corrected chi connectivity index (χ0v) is 17.6. The number of quaternary nitrogens is 1. The monoisotopic (exact) mass is 454 g/mol. The Hall–Kier alpha value is -2.20. The summed E-state index contributed by atoms with van der Waals surface area (Å²) in [6.07, 6.45) is 3.15. The Kier molecular flexibility index (Phi) is 5.48. The Balaban J connectivity index is 1.61. The molecule has 1 aliphatic rings. The van der Waals surface area contributed by atoms with Gasteiger partial charge in [-0.3, -0.25) is 9.20 Å². The van der Waals surface area contributed by atoms with Gasteiger partial charge in [0.2, 0.25) is 5.82 Å². The summed E-state index contributed by atoms with van der Waals surface area (Å²) in [5.41, 5.74) is 1.54. The second-order valence-electron chi connectivity index (χ2n) is 6.85. The van der Waals surface area contributed by atoms with Gasteiger partial charge in [-0.15, -0.1) is 0 Å². The maximum atomic E-state index is 12.8. The van der Waals surface area contributed by atoms with E-state index in [0.29, 0.717) is 24.7 Å². The molecule has 29 heavy (non-hydrogen) atoms. The lowest BCUT2D eigenvalue weighted by Crippen LogP contribution is -3.13. The van der Waals surface area contributed by atoms with Gasteiger partial charge in [0.05, 0.1) is 40.2 Å². The highest BCUT2D eigenvalue weighted by Crippen LogP contribution is 2.23. The van der Waals surface area contributed by atoms with Crippen molar-refractivity contribution in [1.29, 1.82) is 0 Å². The van der Waals surface area contributed by atoms with Crippen LogP contribution >= 0.6 is 23.2 Å². The number of hydrogen-bond donors (Lipinski definition) is 2. The molecule has 1 fully saturated rings. The minimum absolute atomic E-state index is 0.169. The van der Waals surface area contributed by atoms with Gasteiger partial charge in [-0.2, -0.15) is 0 Å². The topological polar surface area (TPSA) is 97.9 Å². The van der Waals surface area contributed by atoms with Crippen LogP contribution in [0.1, 0.15) is 16.3 Å². The van der Waals surface area contributed by atoms with Crippen LogP contribution in [0.3, 0.4) is 0 Å². The quantitative estimate of drug-likeness (QED) is 0.614. The summed E-state index contributed by atoms with van der Waals surface area (Å²) in [4.78, 5) is 22.6. The van der Waals surface area contributed by atoms with E-state index in [4.69, 9.17) is 23.2 Å². The number of pyridine rings is 2. The van der Waals surface area contributed by atoms with Gasteiger partial charge in [0.25, 0.3) is 5.91 Å². The van der Waals surface area contributed by atoms with Crippen LogP contribution in [0.2, 0.25) is 10.0 Å². The fourth-order valence-electron chi connectivity index (χ4n) is 3.30. The molecule has 1 aliphatic heterocycles. The molecule has 8 nitrogen and oxygen atoms in total. The number of imidazole rings is 1. The molecule has 0 aliphatic carbocycles. The molecule has 0 atom stereocenters. The van der Waals surface area contributed by atoms with E-state index < -0.39 is 15.7 Å². The molecule has 2 N–H and O–H groups in total. The van der Waals surface area contributed by atoms with Crippen molar-refractivity contribution in [3.63, 3.8) is 0 Å². The maximum Gasteiger partial charge on any atom is 0.293 e. The van der Waals surface area contributed by atoms with Gasteiger partial charge in [-0.05, 0) is 18.2 Å². The average molecular weight is 455 g/mol. The van der Waals surface area contributed by atoms with Crippen molar-refractivity contribution in [3.8, 4) is 0 Å². The first-order valence-electron chi connectivity index (χ1n) is 8.95. The van der Waals surface area contributed by atoms with Gasteiger partial charge in [0, 0.05) is 12.4 Å². The molecule has 0 radical (unpaired) electrons. The number of rotatable bonds is 4. The van der Waals surface area contributed by atoms with E-state index in [9.17, 15) is 13.2 Å². The first-order chi connectivity index (χ1) is 13.8. The molecule has 3 aromatic rings. The largest absolute Gasteiger partial charge is 0.328 e. The van der Waals surface area contributed by atoms with Crippen molar-refractivity contribution in [2.75, 3.05) is 29.9 Å². The summed E-state index contributed by atoms with van der Waals surface area (Å²) in [7, 11) is -2.94. The van der Waals surface area contributed by atoms with E-state index >= 15 is 0 Å². The van der Waals surface area contributed by atoms with Crippen LogP contribution in [-0.2, 0) is 16.4 Å². The summed E-state index contributed by atoms with van der Waals surface area (Å²) >= 11 is 11.9. The second-order valence-corrected chi connectivity index (χ2v) is 10.0. The van der Waals surface area contributed by atoms with E-state index in [0.717, 1.165) is 16.1 Å². The second kappa shape index (κ2) is 7.91. The van der Waals surface area contributed by atoms with E-state index in [1.165, 1.54) is 12.3 Å². The van der Waals surface area contributed by atoms with E-state index in [1.54, 1.807) is 10.6 Å². The molecule has 0 unspecified atom stereocenters. The van der Waals surface area contributed by atoms with Crippen LogP contribution in [0.5, 0.6) is 0 Å². The first kappa shape index (κ1) is 20.1. The van der Waals surface area contributed by atoms with Crippen LogP contribution < -0.4 is 10.2 Å². The smallest absolute Gasteiger partial charge is 0.293 e. The molecule has 1 saturated heterocycles. The van der Waals surface area contributed by atoms with Crippen molar-refractivity contribution in [3.05, 3.63) is 58.2 Å². The number of anilines is 1. The number of carbonyl (C=O) groups is 1. The number of amides is 1. The van der Waals surface area contributed by atoms with Crippen molar-refractivity contribution < 1.29 is 18.1 Å². The first-order valence-corrected chi connectivity index (χ1v) is 11.5. The predicted octanol–water partition coefficient (Wildman–Crippen LogP) is 1.10. The van der Waals surface area contributed by atoms with Crippen LogP contribution in [0.4, 0.5) is 5.82 Å². The molecule has 152 valence electrons. The maximum absolute atomic E-state index is 12.8. The third-order valence-corrected chi connectivity index (χ3v) is 6.97. The summed E-state index contributed by atoms with van der Waals surface area (Å²) in [5.74, 6) is 0.282. The van der Waals surface area contributed by atoms with Gasteiger partial charge in [0.1, 0.15) is 12.2 Å². The number of nitrogens with zero attached hydrogens (tertiary/aromatic N) is 3. The van der Waals surface area contributed by atoms with E-state index in [-0.39, 0.29) is 28.2 Å². The van der Waals surface area contributed by atoms with Crippen LogP contribution in [0.25, 0.3) is 5.52 Å². The Morgan fingerprint density at radius 3 is 2.72 bits per heavy atom. The van der Waals surface area contributed by atoms with Gasteiger partial charge in [-0.25, -0.2) is 18.4 Å². The molecule has 1 amide bonds. The minimum atomic E-state index is -2.94. The van der Waals surface area contributed by atoms with E-state index in [1.807, 2.05) is 18.2 Å². The lowest BCUT2D eigenvalue weighted by molar-refractivity contribution is -0.910. The number of hydrogen-bond acceptors (Lipinski definition) is 5. The minimum Gasteiger partial charge on any atom is -0.328 e. The molecular formula is C18H18Cl2N5O3S+. The Morgan fingerprint density at radius 2 is 2.00 bits per heavy atom. The Labute approximate surface area is 177 Å². The highest BCUT2D eigenvalue weighted by atomic mass is 35.5. The fourth-order valence-corrected chi connectivity index (χ4v) is 5.13. The van der Waals surface area contributed by atoms with Gasteiger partial charge >= 0.3 is 0 Å². The lowest BCUT2D eigenvalue weighted by Gasteiger charge is -2.22. The van der Waals surface area contributed by atoms with Crippen molar-refractivity contribution in [2.45, 2.75) is 6.54 Å². The fraction of sp³-hybridized carbons (Fsp3) is 0.278. The van der Waals surface area contributed by atoms with Crippen LogP contribution in [0, 0.1) is 0 Å². The summed E-state index contributed by atoms with van der Waals surface area (Å²) in [6, 6.07) is 7.06. The standard InChI is InChI=1S/C18H17Cl2N5O3S/c19-12-9-13(20)16(21-10-12)23-18(26)17-22-14(15-3-1-2-4-25(15)17)11-24-5-7-29(27,28)8-6-24/h1-4,9-10H,5-8,11H2,(H,21,23,26)/p+1. The molecule has 3 aromatic heterocycles. The van der Waals surface area contributed by atoms with Crippen molar-refractivity contribution in [2.24, 2.45) is 0 Å². The molecular weight excluding hydrogens is 437 g/mol. The number of aromatic nitrogens is 3. The molecule has 4 heterocycles. The van der Waals surface area contributed by atoms with Gasteiger partial charge in [0.15, 0.2) is 15.7 Å². The average Bonchev–Trinajstić information content (AvgIpc) is 3.04. The number of halogens is 2. The molecule has 0 bridgehead atoms. The molecule has 11 heteroatoms. The highest BCUT2D eigenvalue weighted by Gasteiger charge is 2.27. The lowest BCUT2D eigenvalue weighted by atomic mass is 10.3. The summed E-state index contributed by atoms with van der Waals surface area (Å²) < 4.78 is 25.0. The van der Waals surface area contributed by atoms with Crippen molar-refractivity contribution >= 4 is 50.3 Å². The number of fused-ring (bicyclic) bond motifs is 1. The highest BCUT2D eigenvalue weighted by molar-refractivity contribution is 7.91. The predicted molar refractivity (Wildman–Crippen MR) is 110 cm³/mol.